The van der Waals surface area contributed by atoms with E-state index in [1.807, 2.05) is 42.5 Å². The molecule has 0 fully saturated rings. The molecule has 1 atom stereocenters. The number of hydrogen-bond acceptors (Lipinski definition) is 4. The molecule has 3 aromatic carbocycles. The zero-order valence-electron chi connectivity index (χ0n) is 14.6. The van der Waals surface area contributed by atoms with Gasteiger partial charge in [-0.3, -0.25) is 4.79 Å². The summed E-state index contributed by atoms with van der Waals surface area (Å²) in [5, 5.41) is 4.88. The number of methoxy groups -OCH3 is 1. The van der Waals surface area contributed by atoms with Gasteiger partial charge in [0.05, 0.1) is 12.7 Å². The topological polar surface area (TPSA) is 64.6 Å². The number of carbonyl (C=O) groups excluding carboxylic acids is 2. The summed E-state index contributed by atoms with van der Waals surface area (Å²) in [6.45, 7) is 1.54. The molecular formula is C21H19NO4. The third kappa shape index (κ3) is 4.00. The maximum absolute atomic E-state index is 12.3. The lowest BCUT2D eigenvalue weighted by Crippen LogP contribution is -2.30. The Morgan fingerprint density at radius 2 is 1.62 bits per heavy atom. The van der Waals surface area contributed by atoms with Gasteiger partial charge in [-0.25, -0.2) is 4.79 Å². The molecule has 0 aromatic heterocycles. The van der Waals surface area contributed by atoms with Crippen LogP contribution >= 0.6 is 0 Å². The number of amides is 1. The monoisotopic (exact) mass is 349 g/mol. The van der Waals surface area contributed by atoms with Gasteiger partial charge >= 0.3 is 5.97 Å². The molecule has 0 bridgehead atoms. The summed E-state index contributed by atoms with van der Waals surface area (Å²) in [6, 6.07) is 20.0. The highest BCUT2D eigenvalue weighted by atomic mass is 16.5. The maximum Gasteiger partial charge on any atom is 0.338 e. The summed E-state index contributed by atoms with van der Waals surface area (Å²) in [4.78, 5) is 24.5. The molecule has 0 saturated carbocycles. The lowest BCUT2D eigenvalue weighted by atomic mass is 10.1. The van der Waals surface area contributed by atoms with Gasteiger partial charge < -0.3 is 14.8 Å². The first-order valence-electron chi connectivity index (χ1n) is 8.21. The number of rotatable bonds is 5. The predicted octanol–water partition coefficient (Wildman–Crippen LogP) is 4.03. The van der Waals surface area contributed by atoms with Gasteiger partial charge in [0.15, 0.2) is 6.10 Å². The van der Waals surface area contributed by atoms with Gasteiger partial charge in [-0.15, -0.1) is 0 Å². The van der Waals surface area contributed by atoms with E-state index in [4.69, 9.17) is 9.47 Å². The molecule has 3 rings (SSSR count). The van der Waals surface area contributed by atoms with Crippen molar-refractivity contribution in [1.82, 2.24) is 0 Å². The summed E-state index contributed by atoms with van der Waals surface area (Å²) in [5.41, 5.74) is 1.01. The molecule has 0 aliphatic heterocycles. The number of esters is 1. The maximum atomic E-state index is 12.3. The highest BCUT2D eigenvalue weighted by Gasteiger charge is 2.19. The van der Waals surface area contributed by atoms with Crippen molar-refractivity contribution in [3.63, 3.8) is 0 Å². The van der Waals surface area contributed by atoms with Crippen molar-refractivity contribution in [1.29, 1.82) is 0 Å². The molecule has 0 radical (unpaired) electrons. The van der Waals surface area contributed by atoms with E-state index in [1.54, 1.807) is 31.4 Å². The van der Waals surface area contributed by atoms with Crippen LogP contribution in [0.25, 0.3) is 10.8 Å². The van der Waals surface area contributed by atoms with Gasteiger partial charge in [0.25, 0.3) is 5.91 Å². The molecule has 5 nitrogen and oxygen atoms in total. The average molecular weight is 349 g/mol. The number of hydrogen-bond donors (Lipinski definition) is 1. The van der Waals surface area contributed by atoms with E-state index in [0.29, 0.717) is 17.0 Å². The van der Waals surface area contributed by atoms with Gasteiger partial charge in [0.2, 0.25) is 0 Å². The van der Waals surface area contributed by atoms with Gasteiger partial charge in [0.1, 0.15) is 5.75 Å². The smallest absolute Gasteiger partial charge is 0.338 e. The average Bonchev–Trinajstić information content (AvgIpc) is 2.67. The van der Waals surface area contributed by atoms with Crippen molar-refractivity contribution in [2.45, 2.75) is 13.0 Å². The number of fused-ring (bicyclic) bond motifs is 1. The number of ether oxygens (including phenoxy) is 2. The van der Waals surface area contributed by atoms with E-state index in [-0.39, 0.29) is 5.91 Å². The van der Waals surface area contributed by atoms with Crippen LogP contribution in [0.15, 0.2) is 66.7 Å². The zero-order valence-corrected chi connectivity index (χ0v) is 14.6. The number of nitrogens with one attached hydrogen (secondary N) is 1. The van der Waals surface area contributed by atoms with E-state index in [0.717, 1.165) is 10.8 Å². The standard InChI is InChI=1S/C21H19NO4/c1-14(26-21(24)16-8-11-19(25-2)12-9-16)20(23)22-18-10-7-15-5-3-4-6-17(15)13-18/h3-14H,1-2H3,(H,22,23)/t14-/m1/s1. The minimum Gasteiger partial charge on any atom is -0.497 e. The summed E-state index contributed by atoms with van der Waals surface area (Å²) < 4.78 is 10.3. The Labute approximate surface area is 151 Å². The van der Waals surface area contributed by atoms with Gasteiger partial charge in [-0.05, 0) is 54.1 Å². The summed E-state index contributed by atoms with van der Waals surface area (Å²) in [5.74, 6) is -0.306. The van der Waals surface area contributed by atoms with Crippen molar-refractivity contribution < 1.29 is 19.1 Å². The fourth-order valence-corrected chi connectivity index (χ4v) is 2.52. The van der Waals surface area contributed by atoms with Crippen LogP contribution in [0.2, 0.25) is 0 Å². The molecular weight excluding hydrogens is 330 g/mol. The van der Waals surface area contributed by atoms with Gasteiger partial charge in [-0.2, -0.15) is 0 Å². The fourth-order valence-electron chi connectivity index (χ4n) is 2.52. The van der Waals surface area contributed by atoms with Crippen LogP contribution in [0.3, 0.4) is 0 Å². The van der Waals surface area contributed by atoms with E-state index < -0.39 is 12.1 Å². The Bertz CT molecular complexity index is 934. The van der Waals surface area contributed by atoms with Crippen molar-refractivity contribution >= 4 is 28.3 Å². The molecule has 0 unspecified atom stereocenters. The largest absolute Gasteiger partial charge is 0.497 e. The second-order valence-electron chi connectivity index (χ2n) is 5.83. The van der Waals surface area contributed by atoms with Crippen molar-refractivity contribution in [3.05, 3.63) is 72.3 Å². The molecule has 0 spiro atoms. The van der Waals surface area contributed by atoms with Gasteiger partial charge in [-0.1, -0.05) is 30.3 Å². The Hall–Kier alpha value is -3.34. The molecule has 0 aliphatic carbocycles. The molecule has 0 aliphatic rings. The van der Waals surface area contributed by atoms with Gasteiger partial charge in [0, 0.05) is 5.69 Å². The molecule has 1 N–H and O–H groups in total. The zero-order chi connectivity index (χ0) is 18.5. The Kier molecular flexibility index (Phi) is 5.17. The second kappa shape index (κ2) is 7.70. The third-order valence-corrected chi connectivity index (χ3v) is 4.00. The lowest BCUT2D eigenvalue weighted by molar-refractivity contribution is -0.123. The Balaban J connectivity index is 1.63. The SMILES string of the molecule is COc1ccc(C(=O)O[C@H](C)C(=O)Nc2ccc3ccccc3c2)cc1. The van der Waals surface area contributed by atoms with Crippen LogP contribution in [-0.2, 0) is 9.53 Å². The first-order valence-corrected chi connectivity index (χ1v) is 8.21. The van der Waals surface area contributed by atoms with E-state index in [2.05, 4.69) is 5.32 Å². The quantitative estimate of drug-likeness (QED) is 0.706. The molecule has 5 heteroatoms. The first-order chi connectivity index (χ1) is 12.6. The number of benzene rings is 3. The minimum absolute atomic E-state index is 0.358. The van der Waals surface area contributed by atoms with E-state index >= 15 is 0 Å². The Morgan fingerprint density at radius 3 is 2.31 bits per heavy atom. The summed E-state index contributed by atoms with van der Waals surface area (Å²) in [7, 11) is 1.55. The van der Waals surface area contributed by atoms with Crippen LogP contribution in [-0.4, -0.2) is 25.1 Å². The third-order valence-electron chi connectivity index (χ3n) is 4.00. The molecule has 132 valence electrons. The second-order valence-corrected chi connectivity index (χ2v) is 5.83. The van der Waals surface area contributed by atoms with Crippen LogP contribution in [0.4, 0.5) is 5.69 Å². The minimum atomic E-state index is -0.920. The highest BCUT2D eigenvalue weighted by Crippen LogP contribution is 2.19. The summed E-state index contributed by atoms with van der Waals surface area (Å²) >= 11 is 0. The normalized spacial score (nSPS) is 11.6. The lowest BCUT2D eigenvalue weighted by Gasteiger charge is -2.14. The van der Waals surface area contributed by atoms with E-state index in [1.165, 1.54) is 6.92 Å². The van der Waals surface area contributed by atoms with Crippen LogP contribution in [0.1, 0.15) is 17.3 Å². The number of carbonyl (C=O) groups is 2. The molecule has 26 heavy (non-hydrogen) atoms. The molecule has 3 aromatic rings. The predicted molar refractivity (Wildman–Crippen MR) is 100 cm³/mol. The molecule has 0 heterocycles. The van der Waals surface area contributed by atoms with E-state index in [9.17, 15) is 9.59 Å². The van der Waals surface area contributed by atoms with Crippen molar-refractivity contribution in [2.24, 2.45) is 0 Å². The Morgan fingerprint density at radius 1 is 0.923 bits per heavy atom. The van der Waals surface area contributed by atoms with Crippen molar-refractivity contribution in [3.8, 4) is 5.75 Å². The summed E-state index contributed by atoms with van der Waals surface area (Å²) in [6.07, 6.45) is -0.920. The van der Waals surface area contributed by atoms with Crippen LogP contribution < -0.4 is 10.1 Å². The van der Waals surface area contributed by atoms with Crippen LogP contribution in [0, 0.1) is 0 Å². The van der Waals surface area contributed by atoms with Crippen molar-refractivity contribution in [2.75, 3.05) is 12.4 Å². The number of anilines is 1. The molecule has 0 saturated heterocycles. The fraction of sp³-hybridized carbons (Fsp3) is 0.143. The highest BCUT2D eigenvalue weighted by molar-refractivity contribution is 5.98. The first kappa shape index (κ1) is 17.5. The van der Waals surface area contributed by atoms with Crippen LogP contribution in [0.5, 0.6) is 5.75 Å². The molecule has 1 amide bonds.